The van der Waals surface area contributed by atoms with Crippen LogP contribution in [0.3, 0.4) is 0 Å². The molecule has 0 aliphatic carbocycles. The first kappa shape index (κ1) is 13.9. The van der Waals surface area contributed by atoms with Gasteiger partial charge >= 0.3 is 0 Å². The number of aromatic nitrogens is 1. The molecule has 0 spiro atoms. The van der Waals surface area contributed by atoms with Gasteiger partial charge in [0, 0.05) is 29.9 Å². The van der Waals surface area contributed by atoms with Crippen LogP contribution in [0.2, 0.25) is 0 Å². The van der Waals surface area contributed by atoms with E-state index in [0.717, 1.165) is 0 Å². The SMILES string of the molecule is CCC(=O)c1ccn(Cc2c(F)ccc(Br)c2F)c1. The van der Waals surface area contributed by atoms with Gasteiger partial charge in [0.25, 0.3) is 0 Å². The van der Waals surface area contributed by atoms with E-state index in [1.165, 1.54) is 12.1 Å². The number of carbonyl (C=O) groups excluding carboxylic acids is 1. The molecule has 0 unspecified atom stereocenters. The van der Waals surface area contributed by atoms with Gasteiger partial charge in [0.05, 0.1) is 11.0 Å². The molecular weight excluding hydrogens is 316 g/mol. The predicted molar refractivity (Wildman–Crippen MR) is 72.2 cm³/mol. The van der Waals surface area contributed by atoms with Crippen molar-refractivity contribution in [3.8, 4) is 0 Å². The molecular formula is C14H12BrF2NO. The molecule has 2 aromatic rings. The number of halogens is 3. The minimum Gasteiger partial charge on any atom is -0.349 e. The van der Waals surface area contributed by atoms with Crippen molar-refractivity contribution in [2.45, 2.75) is 19.9 Å². The zero-order chi connectivity index (χ0) is 14.0. The largest absolute Gasteiger partial charge is 0.349 e. The van der Waals surface area contributed by atoms with Crippen molar-refractivity contribution in [3.05, 3.63) is 57.8 Å². The van der Waals surface area contributed by atoms with E-state index in [2.05, 4.69) is 15.9 Å². The lowest BCUT2D eigenvalue weighted by molar-refractivity contribution is 0.0988. The van der Waals surface area contributed by atoms with E-state index in [1.807, 2.05) is 0 Å². The van der Waals surface area contributed by atoms with Gasteiger partial charge in [-0.15, -0.1) is 0 Å². The summed E-state index contributed by atoms with van der Waals surface area (Å²) < 4.78 is 29.2. The molecule has 1 heterocycles. The predicted octanol–water partition coefficient (Wildman–Crippen LogP) is 4.17. The Kier molecular flexibility index (Phi) is 4.14. The van der Waals surface area contributed by atoms with Crippen molar-refractivity contribution >= 4 is 21.7 Å². The van der Waals surface area contributed by atoms with Crippen LogP contribution in [-0.4, -0.2) is 10.4 Å². The second kappa shape index (κ2) is 5.65. The van der Waals surface area contributed by atoms with Crippen molar-refractivity contribution in [3.63, 3.8) is 0 Å². The van der Waals surface area contributed by atoms with Crippen molar-refractivity contribution < 1.29 is 13.6 Å². The molecule has 1 aromatic heterocycles. The summed E-state index contributed by atoms with van der Waals surface area (Å²) in [5.41, 5.74) is 0.527. The fourth-order valence-corrected chi connectivity index (χ4v) is 2.18. The lowest BCUT2D eigenvalue weighted by Crippen LogP contribution is -2.04. The number of Topliss-reactive ketones (excluding diaryl/α,β-unsaturated/α-hetero) is 1. The maximum atomic E-state index is 13.8. The number of carbonyl (C=O) groups is 1. The Morgan fingerprint density at radius 1 is 1.32 bits per heavy atom. The Bertz CT molecular complexity index is 622. The summed E-state index contributed by atoms with van der Waals surface area (Å²) in [5.74, 6) is -1.20. The maximum absolute atomic E-state index is 13.8. The van der Waals surface area contributed by atoms with Gasteiger partial charge in [0.2, 0.25) is 0 Å². The lowest BCUT2D eigenvalue weighted by atomic mass is 10.2. The first-order chi connectivity index (χ1) is 9.02. The highest BCUT2D eigenvalue weighted by molar-refractivity contribution is 9.10. The van der Waals surface area contributed by atoms with Crippen molar-refractivity contribution in [1.29, 1.82) is 0 Å². The summed E-state index contributed by atoms with van der Waals surface area (Å²) in [6, 6.07) is 4.19. The Morgan fingerprint density at radius 2 is 2.05 bits per heavy atom. The van der Waals surface area contributed by atoms with Gasteiger partial charge in [-0.25, -0.2) is 8.78 Å². The lowest BCUT2D eigenvalue weighted by Gasteiger charge is -2.07. The normalized spacial score (nSPS) is 10.7. The molecule has 0 amide bonds. The van der Waals surface area contributed by atoms with E-state index in [1.54, 1.807) is 30.0 Å². The third kappa shape index (κ3) is 2.92. The van der Waals surface area contributed by atoms with E-state index < -0.39 is 11.6 Å². The molecule has 5 heteroatoms. The minimum absolute atomic E-state index is 0.00827. The Labute approximate surface area is 118 Å². The molecule has 0 atom stereocenters. The third-order valence-electron chi connectivity index (χ3n) is 2.87. The average Bonchev–Trinajstić information content (AvgIpc) is 2.87. The Balaban J connectivity index is 2.29. The van der Waals surface area contributed by atoms with E-state index in [-0.39, 0.29) is 22.4 Å². The first-order valence-corrected chi connectivity index (χ1v) is 6.63. The standard InChI is InChI=1S/C14H12BrF2NO/c1-2-13(19)9-5-6-18(7-9)8-10-12(16)4-3-11(15)14(10)17/h3-7H,2,8H2,1H3. The highest BCUT2D eigenvalue weighted by Crippen LogP contribution is 2.22. The zero-order valence-corrected chi connectivity index (χ0v) is 11.9. The molecule has 100 valence electrons. The second-order valence-corrected chi connectivity index (χ2v) is 5.03. The summed E-state index contributed by atoms with van der Waals surface area (Å²) >= 11 is 3.03. The van der Waals surface area contributed by atoms with Crippen molar-refractivity contribution in [2.75, 3.05) is 0 Å². The number of ketones is 1. The number of hydrogen-bond acceptors (Lipinski definition) is 1. The number of rotatable bonds is 4. The first-order valence-electron chi connectivity index (χ1n) is 5.84. The molecule has 2 rings (SSSR count). The van der Waals surface area contributed by atoms with Crippen LogP contribution in [0.15, 0.2) is 35.1 Å². The quantitative estimate of drug-likeness (QED) is 0.610. The van der Waals surface area contributed by atoms with Crippen LogP contribution in [-0.2, 0) is 6.54 Å². The van der Waals surface area contributed by atoms with E-state index in [4.69, 9.17) is 0 Å². The number of nitrogens with zero attached hydrogens (tertiary/aromatic N) is 1. The molecule has 0 fully saturated rings. The van der Waals surface area contributed by atoms with Gasteiger partial charge in [0.1, 0.15) is 11.6 Å². The molecule has 0 saturated heterocycles. The molecule has 0 aliphatic heterocycles. The monoisotopic (exact) mass is 327 g/mol. The fraction of sp³-hybridized carbons (Fsp3) is 0.214. The average molecular weight is 328 g/mol. The van der Waals surface area contributed by atoms with Gasteiger partial charge in [-0.2, -0.15) is 0 Å². The van der Waals surface area contributed by atoms with Crippen LogP contribution in [0.25, 0.3) is 0 Å². The number of hydrogen-bond donors (Lipinski definition) is 0. The van der Waals surface area contributed by atoms with E-state index >= 15 is 0 Å². The summed E-state index contributed by atoms with van der Waals surface area (Å²) in [4.78, 5) is 11.5. The van der Waals surface area contributed by atoms with Gasteiger partial charge < -0.3 is 4.57 Å². The summed E-state index contributed by atoms with van der Waals surface area (Å²) in [5, 5.41) is 0. The van der Waals surface area contributed by atoms with E-state index in [0.29, 0.717) is 12.0 Å². The molecule has 0 aliphatic rings. The highest BCUT2D eigenvalue weighted by Gasteiger charge is 2.13. The molecule has 0 N–H and O–H groups in total. The Hall–Kier alpha value is -1.49. The van der Waals surface area contributed by atoms with Gasteiger partial charge in [0.15, 0.2) is 5.78 Å². The fourth-order valence-electron chi connectivity index (χ4n) is 1.80. The van der Waals surface area contributed by atoms with Crippen molar-refractivity contribution in [2.24, 2.45) is 0 Å². The van der Waals surface area contributed by atoms with Crippen LogP contribution in [0.4, 0.5) is 8.78 Å². The van der Waals surface area contributed by atoms with Crippen LogP contribution in [0, 0.1) is 11.6 Å². The third-order valence-corrected chi connectivity index (χ3v) is 3.49. The topological polar surface area (TPSA) is 22.0 Å². The second-order valence-electron chi connectivity index (χ2n) is 4.17. The summed E-state index contributed by atoms with van der Waals surface area (Å²) in [6.45, 7) is 1.82. The van der Waals surface area contributed by atoms with Gasteiger partial charge in [-0.3, -0.25) is 4.79 Å². The van der Waals surface area contributed by atoms with Gasteiger partial charge in [-0.05, 0) is 34.1 Å². The van der Waals surface area contributed by atoms with Crippen LogP contribution in [0.5, 0.6) is 0 Å². The molecule has 0 radical (unpaired) electrons. The number of benzene rings is 1. The van der Waals surface area contributed by atoms with Crippen LogP contribution in [0.1, 0.15) is 29.3 Å². The molecule has 1 aromatic carbocycles. The smallest absolute Gasteiger partial charge is 0.164 e. The van der Waals surface area contributed by atoms with E-state index in [9.17, 15) is 13.6 Å². The van der Waals surface area contributed by atoms with Crippen LogP contribution < -0.4 is 0 Å². The minimum atomic E-state index is -0.614. The highest BCUT2D eigenvalue weighted by atomic mass is 79.9. The molecule has 0 saturated carbocycles. The molecule has 2 nitrogen and oxygen atoms in total. The molecule has 0 bridgehead atoms. The summed E-state index contributed by atoms with van der Waals surface area (Å²) in [6.07, 6.45) is 3.65. The maximum Gasteiger partial charge on any atom is 0.164 e. The Morgan fingerprint density at radius 3 is 2.74 bits per heavy atom. The zero-order valence-electron chi connectivity index (χ0n) is 10.3. The van der Waals surface area contributed by atoms with Crippen molar-refractivity contribution in [1.82, 2.24) is 4.57 Å². The summed E-state index contributed by atoms with van der Waals surface area (Å²) in [7, 11) is 0. The van der Waals surface area contributed by atoms with Crippen LogP contribution >= 0.6 is 15.9 Å². The molecule has 19 heavy (non-hydrogen) atoms. The van der Waals surface area contributed by atoms with Gasteiger partial charge in [-0.1, -0.05) is 6.92 Å².